The van der Waals surface area contributed by atoms with Gasteiger partial charge >= 0.3 is 0 Å². The van der Waals surface area contributed by atoms with Crippen molar-refractivity contribution >= 4 is 50.4 Å². The lowest BCUT2D eigenvalue weighted by atomic mass is 10.5. The van der Waals surface area contributed by atoms with E-state index in [4.69, 9.17) is 0 Å². The number of hydrogen-bond acceptors (Lipinski definition) is 5. The molecular weight excluding hydrogens is 288 g/mol. The molecule has 0 saturated carbocycles. The van der Waals surface area contributed by atoms with Gasteiger partial charge in [0.25, 0.3) is 0 Å². The highest BCUT2D eigenvalue weighted by Crippen LogP contribution is 2.28. The summed E-state index contributed by atoms with van der Waals surface area (Å²) in [7, 11) is 0. The zero-order chi connectivity index (χ0) is 9.10. The Balaban J connectivity index is 1.93. The van der Waals surface area contributed by atoms with E-state index in [0.717, 1.165) is 14.6 Å². The second kappa shape index (κ2) is 4.54. The molecule has 0 N–H and O–H groups in total. The maximum absolute atomic E-state index is 3.96. The first-order valence-electron chi connectivity index (χ1n) is 3.46. The van der Waals surface area contributed by atoms with Gasteiger partial charge in [0.2, 0.25) is 0 Å². The molecule has 6 heteroatoms. The second-order valence-electron chi connectivity index (χ2n) is 2.22. The van der Waals surface area contributed by atoms with Gasteiger partial charge in [0.05, 0.1) is 0 Å². The summed E-state index contributed by atoms with van der Waals surface area (Å²) in [6.45, 7) is 0. The molecule has 0 aliphatic carbocycles. The van der Waals surface area contributed by atoms with E-state index in [1.165, 1.54) is 4.88 Å². The Kier molecular flexibility index (Phi) is 3.37. The van der Waals surface area contributed by atoms with Crippen LogP contribution in [-0.4, -0.2) is 10.2 Å². The van der Waals surface area contributed by atoms with Crippen LogP contribution in [0.3, 0.4) is 0 Å². The average molecular weight is 293 g/mol. The quantitative estimate of drug-likeness (QED) is 0.808. The van der Waals surface area contributed by atoms with Crippen molar-refractivity contribution in [3.05, 3.63) is 26.3 Å². The van der Waals surface area contributed by atoms with Crippen molar-refractivity contribution in [3.63, 3.8) is 0 Å². The predicted molar refractivity (Wildman–Crippen MR) is 61.5 cm³/mol. The summed E-state index contributed by atoms with van der Waals surface area (Å²) in [6.07, 6.45) is 0. The number of halogens is 1. The molecule has 0 unspecified atom stereocenters. The van der Waals surface area contributed by atoms with Crippen LogP contribution in [0, 0.1) is 0 Å². The van der Waals surface area contributed by atoms with Gasteiger partial charge in [-0.1, -0.05) is 23.1 Å². The topological polar surface area (TPSA) is 25.8 Å². The number of aromatic nitrogens is 2. The fraction of sp³-hybridized carbons (Fsp3) is 0.143. The predicted octanol–water partition coefficient (Wildman–Crippen LogP) is 3.65. The van der Waals surface area contributed by atoms with Gasteiger partial charge in [0, 0.05) is 20.5 Å². The minimum absolute atomic E-state index is 0.978. The van der Waals surface area contributed by atoms with Gasteiger partial charge in [-0.25, -0.2) is 0 Å². The molecule has 0 amide bonds. The lowest BCUT2D eigenvalue weighted by Crippen LogP contribution is -1.73. The summed E-state index contributed by atoms with van der Waals surface area (Å²) in [5.74, 6) is 0.978. The van der Waals surface area contributed by atoms with E-state index in [0.29, 0.717) is 0 Å². The molecule has 2 nitrogen and oxygen atoms in total. The van der Waals surface area contributed by atoms with Gasteiger partial charge in [-0.3, -0.25) is 0 Å². The summed E-state index contributed by atoms with van der Waals surface area (Å²) in [4.78, 5) is 1.35. The Bertz CT molecular complexity index is 371. The zero-order valence-corrected chi connectivity index (χ0v) is 10.5. The van der Waals surface area contributed by atoms with Gasteiger partial charge in [-0.2, -0.15) is 0 Å². The molecule has 0 aliphatic heterocycles. The van der Waals surface area contributed by atoms with E-state index in [9.17, 15) is 0 Å². The molecule has 2 heterocycles. The van der Waals surface area contributed by atoms with E-state index >= 15 is 0 Å². The van der Waals surface area contributed by atoms with Crippen molar-refractivity contribution < 1.29 is 0 Å². The molecule has 0 spiro atoms. The van der Waals surface area contributed by atoms with E-state index in [-0.39, 0.29) is 0 Å². The van der Waals surface area contributed by atoms with Crippen LogP contribution in [0.5, 0.6) is 0 Å². The number of nitrogens with zero attached hydrogens (tertiary/aromatic N) is 2. The minimum Gasteiger partial charge on any atom is -0.147 e. The molecule has 2 aromatic rings. The fourth-order valence-electron chi connectivity index (χ4n) is 0.788. The Morgan fingerprint density at radius 1 is 1.46 bits per heavy atom. The summed E-state index contributed by atoms with van der Waals surface area (Å²) in [6, 6.07) is 2.14. The van der Waals surface area contributed by atoms with Gasteiger partial charge in [0.1, 0.15) is 5.51 Å². The van der Waals surface area contributed by atoms with Gasteiger partial charge < -0.3 is 0 Å². The molecule has 2 aromatic heterocycles. The van der Waals surface area contributed by atoms with Crippen molar-refractivity contribution in [2.24, 2.45) is 0 Å². The number of rotatable bonds is 3. The molecule has 2 rings (SSSR count). The lowest BCUT2D eigenvalue weighted by Gasteiger charge is -1.91. The van der Waals surface area contributed by atoms with Gasteiger partial charge in [-0.05, 0) is 22.0 Å². The Morgan fingerprint density at radius 2 is 2.38 bits per heavy atom. The highest BCUT2D eigenvalue weighted by molar-refractivity contribution is 9.10. The first kappa shape index (κ1) is 9.64. The van der Waals surface area contributed by atoms with Crippen LogP contribution in [0.25, 0.3) is 0 Å². The first-order valence-corrected chi connectivity index (χ1v) is 7.00. The average Bonchev–Trinajstić information content (AvgIpc) is 2.71. The van der Waals surface area contributed by atoms with Crippen LogP contribution in [0.15, 0.2) is 25.8 Å². The molecule has 0 aromatic carbocycles. The maximum atomic E-state index is 3.96. The first-order chi connectivity index (χ1) is 6.34. The smallest absolute Gasteiger partial charge is 0.147 e. The third kappa shape index (κ3) is 2.77. The van der Waals surface area contributed by atoms with Crippen molar-refractivity contribution in [1.29, 1.82) is 0 Å². The van der Waals surface area contributed by atoms with E-state index in [1.54, 1.807) is 39.9 Å². The largest absolute Gasteiger partial charge is 0.174 e. The van der Waals surface area contributed by atoms with Crippen LogP contribution in [0.2, 0.25) is 0 Å². The van der Waals surface area contributed by atoms with Crippen LogP contribution in [-0.2, 0) is 5.75 Å². The number of thiophene rings is 1. The van der Waals surface area contributed by atoms with Crippen molar-refractivity contribution in [2.45, 2.75) is 10.1 Å². The van der Waals surface area contributed by atoms with Crippen LogP contribution in [0.4, 0.5) is 0 Å². The Morgan fingerprint density at radius 3 is 3.00 bits per heavy atom. The van der Waals surface area contributed by atoms with Gasteiger partial charge in [0.15, 0.2) is 4.34 Å². The van der Waals surface area contributed by atoms with Crippen molar-refractivity contribution in [2.75, 3.05) is 0 Å². The molecule has 0 radical (unpaired) electrons. The Hall–Kier alpha value is 0.0900. The van der Waals surface area contributed by atoms with Crippen LogP contribution in [0.1, 0.15) is 4.88 Å². The minimum atomic E-state index is 0.978. The van der Waals surface area contributed by atoms with Crippen LogP contribution >= 0.6 is 50.4 Å². The maximum Gasteiger partial charge on any atom is 0.174 e. The van der Waals surface area contributed by atoms with Crippen LogP contribution < -0.4 is 0 Å². The number of thioether (sulfide) groups is 1. The molecule has 0 bridgehead atoms. The molecule has 0 saturated heterocycles. The summed E-state index contributed by atoms with van der Waals surface area (Å²) in [5.41, 5.74) is 1.76. The van der Waals surface area contributed by atoms with Crippen molar-refractivity contribution in [1.82, 2.24) is 10.2 Å². The zero-order valence-electron chi connectivity index (χ0n) is 6.44. The normalized spacial score (nSPS) is 10.5. The van der Waals surface area contributed by atoms with E-state index < -0.39 is 0 Å². The summed E-state index contributed by atoms with van der Waals surface area (Å²) in [5, 5.41) is 9.84. The molecular formula is C7H5BrN2S3. The second-order valence-corrected chi connectivity index (χ2v) is 6.19. The third-order valence-electron chi connectivity index (χ3n) is 1.30. The lowest BCUT2D eigenvalue weighted by molar-refractivity contribution is 1.01. The third-order valence-corrected chi connectivity index (χ3v) is 5.09. The monoisotopic (exact) mass is 292 g/mol. The molecule has 68 valence electrons. The molecule has 13 heavy (non-hydrogen) atoms. The molecule has 0 fully saturated rings. The fourth-order valence-corrected chi connectivity index (χ4v) is 3.78. The molecule has 0 aliphatic rings. The highest BCUT2D eigenvalue weighted by Gasteiger charge is 2.01. The SMILES string of the molecule is Brc1csc(CSc2nncs2)c1. The Labute approximate surface area is 96.5 Å². The van der Waals surface area contributed by atoms with E-state index in [2.05, 4.69) is 37.6 Å². The highest BCUT2D eigenvalue weighted by atomic mass is 79.9. The standard InChI is InChI=1S/C7H5BrN2S3/c8-5-1-6(11-2-5)3-12-7-10-9-4-13-7/h1-2,4H,3H2. The molecule has 0 atom stereocenters. The summed E-state index contributed by atoms with van der Waals surface area (Å²) >= 11 is 8.50. The summed E-state index contributed by atoms with van der Waals surface area (Å²) < 4.78 is 2.19. The van der Waals surface area contributed by atoms with E-state index in [1.807, 2.05) is 0 Å². The number of hydrogen-bond donors (Lipinski definition) is 0. The van der Waals surface area contributed by atoms with Gasteiger partial charge in [-0.15, -0.1) is 21.5 Å². The van der Waals surface area contributed by atoms with Crippen molar-refractivity contribution in [3.8, 4) is 0 Å².